The number of nitrogens with two attached hydrogens (primary N) is 1. The van der Waals surface area contributed by atoms with Gasteiger partial charge in [0.25, 0.3) is 0 Å². The molecular formula is C10H20N4. The van der Waals surface area contributed by atoms with Crippen LogP contribution in [0.4, 0.5) is 0 Å². The topological polar surface area (TPSA) is 67.6 Å². The van der Waals surface area contributed by atoms with E-state index >= 15 is 0 Å². The average Bonchev–Trinajstić information content (AvgIpc) is 2.63. The number of aryl methyl sites for hydroxylation is 1. The van der Waals surface area contributed by atoms with Crippen LogP contribution in [-0.2, 0) is 12.8 Å². The van der Waals surface area contributed by atoms with Crippen LogP contribution in [0.25, 0.3) is 0 Å². The first-order valence-corrected chi connectivity index (χ1v) is 5.40. The zero-order valence-electron chi connectivity index (χ0n) is 9.08. The van der Waals surface area contributed by atoms with E-state index in [1.165, 1.54) is 0 Å². The minimum atomic E-state index is 0.525. The van der Waals surface area contributed by atoms with Gasteiger partial charge in [0, 0.05) is 12.8 Å². The molecule has 4 heteroatoms. The van der Waals surface area contributed by atoms with Gasteiger partial charge in [0.05, 0.1) is 0 Å². The molecule has 0 aliphatic carbocycles. The summed E-state index contributed by atoms with van der Waals surface area (Å²) in [7, 11) is 0. The Morgan fingerprint density at radius 3 is 2.79 bits per heavy atom. The lowest BCUT2D eigenvalue weighted by Gasteiger charge is -2.08. The van der Waals surface area contributed by atoms with Crippen LogP contribution in [0.2, 0.25) is 0 Å². The molecule has 0 aromatic carbocycles. The second-order valence-corrected chi connectivity index (χ2v) is 3.66. The lowest BCUT2D eigenvalue weighted by atomic mass is 10.0. The first kappa shape index (κ1) is 11.2. The lowest BCUT2D eigenvalue weighted by molar-refractivity contribution is 0.506. The summed E-state index contributed by atoms with van der Waals surface area (Å²) in [6.07, 6.45) is 4.06. The van der Waals surface area contributed by atoms with Crippen molar-refractivity contribution in [3.63, 3.8) is 0 Å². The lowest BCUT2D eigenvalue weighted by Crippen LogP contribution is -2.16. The molecule has 80 valence electrons. The molecule has 1 rings (SSSR count). The van der Waals surface area contributed by atoms with Crippen LogP contribution in [0.3, 0.4) is 0 Å². The van der Waals surface area contributed by atoms with Gasteiger partial charge < -0.3 is 5.73 Å². The summed E-state index contributed by atoms with van der Waals surface area (Å²) >= 11 is 0. The minimum absolute atomic E-state index is 0.525. The van der Waals surface area contributed by atoms with Crippen LogP contribution >= 0.6 is 0 Å². The molecular weight excluding hydrogens is 176 g/mol. The van der Waals surface area contributed by atoms with Crippen LogP contribution in [0, 0.1) is 5.92 Å². The van der Waals surface area contributed by atoms with Crippen LogP contribution < -0.4 is 5.73 Å². The fraction of sp³-hybridized carbons (Fsp3) is 0.800. The van der Waals surface area contributed by atoms with E-state index < -0.39 is 0 Å². The molecule has 0 amide bonds. The Morgan fingerprint density at radius 2 is 2.21 bits per heavy atom. The Kier molecular flexibility index (Phi) is 4.59. The predicted octanol–water partition coefficient (Wildman–Crippen LogP) is 1.28. The Bertz CT molecular complexity index is 252. The maximum atomic E-state index is 5.63. The Balaban J connectivity index is 2.49. The summed E-state index contributed by atoms with van der Waals surface area (Å²) in [6, 6.07) is 0. The van der Waals surface area contributed by atoms with Crippen LogP contribution in [-0.4, -0.2) is 21.7 Å². The number of nitrogens with zero attached hydrogens (tertiary/aromatic N) is 2. The SMILES string of the molecule is CCCc1n[nH]c(CC(CC)CN)n1. The highest BCUT2D eigenvalue weighted by Crippen LogP contribution is 2.07. The highest BCUT2D eigenvalue weighted by molar-refractivity contribution is 4.92. The van der Waals surface area contributed by atoms with Crippen LogP contribution in [0.5, 0.6) is 0 Å². The molecule has 0 fully saturated rings. The quantitative estimate of drug-likeness (QED) is 0.720. The number of aromatic nitrogens is 3. The molecule has 0 saturated carbocycles. The van der Waals surface area contributed by atoms with Crippen molar-refractivity contribution in [3.05, 3.63) is 11.6 Å². The van der Waals surface area contributed by atoms with Gasteiger partial charge in [-0.1, -0.05) is 20.3 Å². The number of rotatable bonds is 6. The highest BCUT2D eigenvalue weighted by atomic mass is 15.2. The van der Waals surface area contributed by atoms with Crippen molar-refractivity contribution < 1.29 is 0 Å². The molecule has 1 aromatic rings. The third-order valence-corrected chi connectivity index (χ3v) is 2.44. The third-order valence-electron chi connectivity index (χ3n) is 2.44. The van der Waals surface area contributed by atoms with Crippen molar-refractivity contribution in [2.45, 2.75) is 39.5 Å². The molecule has 1 aromatic heterocycles. The molecule has 0 saturated heterocycles. The van der Waals surface area contributed by atoms with Crippen LogP contribution in [0.15, 0.2) is 0 Å². The Morgan fingerprint density at radius 1 is 1.43 bits per heavy atom. The van der Waals surface area contributed by atoms with Crippen molar-refractivity contribution in [2.24, 2.45) is 11.7 Å². The van der Waals surface area contributed by atoms with Gasteiger partial charge in [-0.15, -0.1) is 0 Å². The standard InChI is InChI=1S/C10H20N4/c1-3-5-9-12-10(14-13-9)6-8(4-2)7-11/h8H,3-7,11H2,1-2H3,(H,12,13,14). The molecule has 0 bridgehead atoms. The van der Waals surface area contributed by atoms with Gasteiger partial charge in [0.1, 0.15) is 5.82 Å². The van der Waals surface area contributed by atoms with Crippen LogP contribution in [0.1, 0.15) is 38.3 Å². The minimum Gasteiger partial charge on any atom is -0.330 e. The van der Waals surface area contributed by atoms with E-state index in [-0.39, 0.29) is 0 Å². The maximum absolute atomic E-state index is 5.63. The molecule has 0 aliphatic rings. The summed E-state index contributed by atoms with van der Waals surface area (Å²) in [6.45, 7) is 5.01. The van der Waals surface area contributed by atoms with Crippen molar-refractivity contribution in [2.75, 3.05) is 6.54 Å². The second-order valence-electron chi connectivity index (χ2n) is 3.66. The molecule has 1 atom stereocenters. The van der Waals surface area contributed by atoms with Crippen molar-refractivity contribution in [1.82, 2.24) is 15.2 Å². The summed E-state index contributed by atoms with van der Waals surface area (Å²) < 4.78 is 0. The zero-order chi connectivity index (χ0) is 10.4. The summed E-state index contributed by atoms with van der Waals surface area (Å²) in [4.78, 5) is 4.41. The van der Waals surface area contributed by atoms with Gasteiger partial charge in [-0.2, -0.15) is 5.10 Å². The van der Waals surface area contributed by atoms with Gasteiger partial charge in [0.15, 0.2) is 5.82 Å². The van der Waals surface area contributed by atoms with Gasteiger partial charge >= 0.3 is 0 Å². The molecule has 0 radical (unpaired) electrons. The van der Waals surface area contributed by atoms with Crippen molar-refractivity contribution in [3.8, 4) is 0 Å². The Hall–Kier alpha value is -0.900. The monoisotopic (exact) mass is 196 g/mol. The fourth-order valence-corrected chi connectivity index (χ4v) is 1.43. The number of H-pyrrole nitrogens is 1. The zero-order valence-corrected chi connectivity index (χ0v) is 9.08. The molecule has 1 heterocycles. The predicted molar refractivity (Wildman–Crippen MR) is 56.9 cm³/mol. The number of hydrogen-bond donors (Lipinski definition) is 2. The first-order chi connectivity index (χ1) is 6.80. The summed E-state index contributed by atoms with van der Waals surface area (Å²) in [5.74, 6) is 2.43. The largest absolute Gasteiger partial charge is 0.330 e. The van der Waals surface area contributed by atoms with E-state index in [1.54, 1.807) is 0 Å². The number of hydrogen-bond acceptors (Lipinski definition) is 3. The number of aromatic amines is 1. The van der Waals surface area contributed by atoms with E-state index in [0.717, 1.165) is 43.9 Å². The van der Waals surface area contributed by atoms with Gasteiger partial charge in [0.2, 0.25) is 0 Å². The molecule has 0 aliphatic heterocycles. The fourth-order valence-electron chi connectivity index (χ4n) is 1.43. The third kappa shape index (κ3) is 3.10. The second kappa shape index (κ2) is 5.75. The van der Waals surface area contributed by atoms with Gasteiger partial charge in [-0.25, -0.2) is 4.98 Å². The molecule has 1 unspecified atom stereocenters. The average molecular weight is 196 g/mol. The highest BCUT2D eigenvalue weighted by Gasteiger charge is 2.08. The van der Waals surface area contributed by atoms with E-state index in [2.05, 4.69) is 29.0 Å². The van der Waals surface area contributed by atoms with E-state index in [1.807, 2.05) is 0 Å². The molecule has 14 heavy (non-hydrogen) atoms. The van der Waals surface area contributed by atoms with Gasteiger partial charge in [-0.3, -0.25) is 5.10 Å². The van der Waals surface area contributed by atoms with Crippen molar-refractivity contribution in [1.29, 1.82) is 0 Å². The Labute approximate surface area is 85.3 Å². The summed E-state index contributed by atoms with van der Waals surface area (Å²) in [5, 5.41) is 7.12. The number of nitrogens with one attached hydrogen (secondary N) is 1. The van der Waals surface area contributed by atoms with E-state index in [0.29, 0.717) is 5.92 Å². The molecule has 3 N–H and O–H groups in total. The normalized spacial score (nSPS) is 13.1. The smallest absolute Gasteiger partial charge is 0.150 e. The molecule has 0 spiro atoms. The van der Waals surface area contributed by atoms with E-state index in [9.17, 15) is 0 Å². The van der Waals surface area contributed by atoms with E-state index in [4.69, 9.17) is 5.73 Å². The summed E-state index contributed by atoms with van der Waals surface area (Å²) in [5.41, 5.74) is 5.63. The molecule has 4 nitrogen and oxygen atoms in total. The first-order valence-electron chi connectivity index (χ1n) is 5.40. The van der Waals surface area contributed by atoms with Crippen molar-refractivity contribution >= 4 is 0 Å². The maximum Gasteiger partial charge on any atom is 0.150 e. The van der Waals surface area contributed by atoms with Gasteiger partial charge in [-0.05, 0) is 18.9 Å².